The number of ether oxygens (including phenoxy) is 1. The van der Waals surface area contributed by atoms with E-state index in [1.54, 1.807) is 6.07 Å². The normalized spacial score (nSPS) is 10.5. The third-order valence-corrected chi connectivity index (χ3v) is 3.01. The van der Waals surface area contributed by atoms with E-state index in [-0.39, 0.29) is 5.82 Å². The summed E-state index contributed by atoms with van der Waals surface area (Å²) in [5.41, 5.74) is 3.12. The minimum atomic E-state index is -0.228. The molecule has 0 heterocycles. The first-order valence-electron chi connectivity index (χ1n) is 6.30. The van der Waals surface area contributed by atoms with Gasteiger partial charge in [-0.25, -0.2) is 4.39 Å². The third-order valence-electron chi connectivity index (χ3n) is 3.01. The van der Waals surface area contributed by atoms with Crippen LogP contribution in [0.4, 0.5) is 4.39 Å². The molecule has 2 nitrogen and oxygen atoms in total. The van der Waals surface area contributed by atoms with Crippen molar-refractivity contribution in [1.29, 1.82) is 0 Å². The van der Waals surface area contributed by atoms with E-state index in [4.69, 9.17) is 4.74 Å². The van der Waals surface area contributed by atoms with Crippen LogP contribution in [0, 0.1) is 12.7 Å². The summed E-state index contributed by atoms with van der Waals surface area (Å²) in [6.07, 6.45) is 0. The maximum atomic E-state index is 13.1. The van der Waals surface area contributed by atoms with E-state index < -0.39 is 0 Å². The van der Waals surface area contributed by atoms with Crippen molar-refractivity contribution in [3.8, 4) is 5.75 Å². The summed E-state index contributed by atoms with van der Waals surface area (Å²) in [6, 6.07) is 12.7. The van der Waals surface area contributed by atoms with Gasteiger partial charge in [0.1, 0.15) is 18.2 Å². The zero-order chi connectivity index (χ0) is 13.7. The zero-order valence-corrected chi connectivity index (χ0v) is 11.2. The van der Waals surface area contributed by atoms with Crippen LogP contribution in [-0.2, 0) is 13.2 Å². The predicted molar refractivity (Wildman–Crippen MR) is 74.7 cm³/mol. The molecule has 0 radical (unpaired) electrons. The molecular weight excluding hydrogens is 241 g/mol. The number of halogens is 1. The van der Waals surface area contributed by atoms with Gasteiger partial charge in [-0.2, -0.15) is 0 Å². The molecule has 0 aliphatic rings. The molecule has 0 fully saturated rings. The summed E-state index contributed by atoms with van der Waals surface area (Å²) in [4.78, 5) is 0. The van der Waals surface area contributed by atoms with Crippen molar-refractivity contribution in [3.05, 3.63) is 65.0 Å². The second-order valence-corrected chi connectivity index (χ2v) is 4.53. The van der Waals surface area contributed by atoms with Crippen LogP contribution in [0.15, 0.2) is 42.5 Å². The fraction of sp³-hybridized carbons (Fsp3) is 0.250. The van der Waals surface area contributed by atoms with Crippen molar-refractivity contribution >= 4 is 0 Å². The molecule has 2 rings (SSSR count). The summed E-state index contributed by atoms with van der Waals surface area (Å²) >= 11 is 0. The minimum Gasteiger partial charge on any atom is -0.489 e. The molecule has 0 aromatic heterocycles. The number of hydrogen-bond donors (Lipinski definition) is 1. The van der Waals surface area contributed by atoms with Crippen LogP contribution < -0.4 is 10.1 Å². The second-order valence-electron chi connectivity index (χ2n) is 4.53. The number of aryl methyl sites for hydroxylation is 1. The first kappa shape index (κ1) is 13.6. The fourth-order valence-corrected chi connectivity index (χ4v) is 1.86. The van der Waals surface area contributed by atoms with Crippen LogP contribution >= 0.6 is 0 Å². The van der Waals surface area contributed by atoms with E-state index in [1.807, 2.05) is 38.2 Å². The van der Waals surface area contributed by atoms with Crippen LogP contribution in [0.5, 0.6) is 5.75 Å². The SMILES string of the molecule is CNCc1ccc(OCc2cc(F)ccc2C)cc1. The Balaban J connectivity index is 2.00. The van der Waals surface area contributed by atoms with E-state index in [0.29, 0.717) is 6.61 Å². The number of rotatable bonds is 5. The van der Waals surface area contributed by atoms with Crippen molar-refractivity contribution in [1.82, 2.24) is 5.32 Å². The van der Waals surface area contributed by atoms with Gasteiger partial charge in [0.25, 0.3) is 0 Å². The quantitative estimate of drug-likeness (QED) is 0.888. The summed E-state index contributed by atoms with van der Waals surface area (Å²) in [5.74, 6) is 0.567. The van der Waals surface area contributed by atoms with Gasteiger partial charge >= 0.3 is 0 Å². The molecule has 0 atom stereocenters. The standard InChI is InChI=1S/C16H18FNO/c1-12-3-6-15(17)9-14(12)11-19-16-7-4-13(5-8-16)10-18-2/h3-9,18H,10-11H2,1-2H3. The molecule has 0 saturated carbocycles. The van der Waals surface area contributed by atoms with Gasteiger partial charge in [0.05, 0.1) is 0 Å². The smallest absolute Gasteiger partial charge is 0.123 e. The largest absolute Gasteiger partial charge is 0.489 e. The lowest BCUT2D eigenvalue weighted by molar-refractivity contribution is 0.304. The van der Waals surface area contributed by atoms with Gasteiger partial charge in [-0.05, 0) is 54.9 Å². The first-order chi connectivity index (χ1) is 9.19. The maximum Gasteiger partial charge on any atom is 0.123 e. The highest BCUT2D eigenvalue weighted by atomic mass is 19.1. The topological polar surface area (TPSA) is 21.3 Å². The summed E-state index contributed by atoms with van der Waals surface area (Å²) in [5, 5.41) is 3.09. The van der Waals surface area contributed by atoms with Crippen LogP contribution in [0.2, 0.25) is 0 Å². The Kier molecular flexibility index (Phi) is 4.53. The predicted octanol–water partition coefficient (Wildman–Crippen LogP) is 3.43. The van der Waals surface area contributed by atoms with Crippen LogP contribution in [0.3, 0.4) is 0 Å². The lowest BCUT2D eigenvalue weighted by Crippen LogP contribution is -2.04. The minimum absolute atomic E-state index is 0.228. The van der Waals surface area contributed by atoms with Crippen molar-refractivity contribution < 1.29 is 9.13 Å². The Morgan fingerprint density at radius 1 is 1.11 bits per heavy atom. The highest BCUT2D eigenvalue weighted by molar-refractivity contribution is 5.29. The van der Waals surface area contributed by atoms with E-state index in [0.717, 1.165) is 23.4 Å². The Morgan fingerprint density at radius 2 is 1.84 bits per heavy atom. The Labute approximate surface area is 113 Å². The molecular formula is C16H18FNO. The zero-order valence-electron chi connectivity index (χ0n) is 11.2. The van der Waals surface area contributed by atoms with Gasteiger partial charge in [0.15, 0.2) is 0 Å². The maximum absolute atomic E-state index is 13.1. The van der Waals surface area contributed by atoms with Crippen LogP contribution in [0.25, 0.3) is 0 Å². The number of benzene rings is 2. The van der Waals surface area contributed by atoms with Gasteiger partial charge in [0.2, 0.25) is 0 Å². The molecule has 0 unspecified atom stereocenters. The highest BCUT2D eigenvalue weighted by Crippen LogP contribution is 2.16. The summed E-state index contributed by atoms with van der Waals surface area (Å²) in [7, 11) is 1.91. The molecule has 0 aliphatic heterocycles. The van der Waals surface area contributed by atoms with Crippen molar-refractivity contribution in [2.45, 2.75) is 20.1 Å². The van der Waals surface area contributed by atoms with Gasteiger partial charge in [-0.1, -0.05) is 18.2 Å². The summed E-state index contributed by atoms with van der Waals surface area (Å²) in [6.45, 7) is 3.17. The Bertz CT molecular complexity index is 537. The third kappa shape index (κ3) is 3.80. The molecule has 0 saturated heterocycles. The lowest BCUT2D eigenvalue weighted by Gasteiger charge is -2.09. The summed E-state index contributed by atoms with van der Waals surface area (Å²) < 4.78 is 18.8. The number of hydrogen-bond acceptors (Lipinski definition) is 2. The molecule has 0 amide bonds. The molecule has 3 heteroatoms. The first-order valence-corrected chi connectivity index (χ1v) is 6.30. The van der Waals surface area contributed by atoms with Gasteiger partial charge < -0.3 is 10.1 Å². The van der Waals surface area contributed by atoms with Gasteiger partial charge in [-0.3, -0.25) is 0 Å². The average Bonchev–Trinajstić information content (AvgIpc) is 2.42. The molecule has 1 N–H and O–H groups in total. The van der Waals surface area contributed by atoms with E-state index in [9.17, 15) is 4.39 Å². The lowest BCUT2D eigenvalue weighted by atomic mass is 10.1. The van der Waals surface area contributed by atoms with Crippen LogP contribution in [-0.4, -0.2) is 7.05 Å². The van der Waals surface area contributed by atoms with Crippen LogP contribution in [0.1, 0.15) is 16.7 Å². The van der Waals surface area contributed by atoms with E-state index in [2.05, 4.69) is 5.32 Å². The van der Waals surface area contributed by atoms with Gasteiger partial charge in [-0.15, -0.1) is 0 Å². The Hall–Kier alpha value is -1.87. The molecule has 0 bridgehead atoms. The molecule has 0 aliphatic carbocycles. The second kappa shape index (κ2) is 6.34. The molecule has 19 heavy (non-hydrogen) atoms. The Morgan fingerprint density at radius 3 is 2.53 bits per heavy atom. The molecule has 100 valence electrons. The van der Waals surface area contributed by atoms with E-state index in [1.165, 1.54) is 17.7 Å². The van der Waals surface area contributed by atoms with E-state index >= 15 is 0 Å². The molecule has 2 aromatic rings. The monoisotopic (exact) mass is 259 g/mol. The van der Waals surface area contributed by atoms with Crippen molar-refractivity contribution in [2.75, 3.05) is 7.05 Å². The number of nitrogens with one attached hydrogen (secondary N) is 1. The van der Waals surface area contributed by atoms with Crippen molar-refractivity contribution in [2.24, 2.45) is 0 Å². The van der Waals surface area contributed by atoms with Gasteiger partial charge in [0, 0.05) is 6.54 Å². The van der Waals surface area contributed by atoms with Crippen molar-refractivity contribution in [3.63, 3.8) is 0 Å². The average molecular weight is 259 g/mol. The highest BCUT2D eigenvalue weighted by Gasteiger charge is 2.02. The molecule has 0 spiro atoms. The molecule has 2 aromatic carbocycles. The fourth-order valence-electron chi connectivity index (χ4n) is 1.86.